The Morgan fingerprint density at radius 3 is 1.95 bits per heavy atom. The molecule has 1 aromatic rings. The third-order valence-corrected chi connectivity index (χ3v) is 12.9. The number of ketones is 1. The molecule has 1 aromatic carbocycles. The highest BCUT2D eigenvalue weighted by Gasteiger charge is 2.33. The van der Waals surface area contributed by atoms with Crippen LogP contribution in [0.1, 0.15) is 127 Å². The number of amides is 3. The Hall–Kier alpha value is -3.49. The van der Waals surface area contributed by atoms with Crippen LogP contribution in [0.5, 0.6) is 0 Å². The van der Waals surface area contributed by atoms with Crippen LogP contribution in [0.3, 0.4) is 0 Å². The number of esters is 1. The number of primary amides is 1. The molecule has 0 aromatic heterocycles. The van der Waals surface area contributed by atoms with E-state index in [0.717, 1.165) is 44.2 Å². The second-order valence-electron chi connectivity index (χ2n) is 17.1. The van der Waals surface area contributed by atoms with Gasteiger partial charge in [-0.1, -0.05) is 105 Å². The van der Waals surface area contributed by atoms with Crippen molar-refractivity contribution in [2.24, 2.45) is 29.4 Å². The van der Waals surface area contributed by atoms with Crippen molar-refractivity contribution in [2.45, 2.75) is 151 Å². The first-order chi connectivity index (χ1) is 26.8. The molecule has 336 valence electrons. The van der Waals surface area contributed by atoms with Gasteiger partial charge in [-0.25, -0.2) is 4.79 Å². The zero-order valence-corrected chi connectivity index (χ0v) is 39.0. The molecule has 1 heterocycles. The molecule has 0 bridgehead atoms. The topological polar surface area (TPSA) is 194 Å². The zero-order valence-electron chi connectivity index (χ0n) is 38.2. The van der Waals surface area contributed by atoms with E-state index in [0.29, 0.717) is 38.3 Å². The molecule has 58 heavy (non-hydrogen) atoms. The van der Waals surface area contributed by atoms with E-state index in [1.54, 1.807) is 6.92 Å². The molecule has 5 atom stereocenters. The number of nitrogens with one attached hydrogen (secondary N) is 2. The van der Waals surface area contributed by atoms with Crippen LogP contribution in [0.25, 0.3) is 0 Å². The number of likely N-dealkylation sites (tertiary alicyclic amines) is 1. The summed E-state index contributed by atoms with van der Waals surface area (Å²) in [4.78, 5) is 72.1. The Morgan fingerprint density at radius 1 is 0.983 bits per heavy atom. The Labute approximate surface area is 352 Å². The van der Waals surface area contributed by atoms with Crippen molar-refractivity contribution in [1.29, 1.82) is 0 Å². The predicted octanol–water partition coefficient (Wildman–Crippen LogP) is 7.53. The van der Waals surface area contributed by atoms with Gasteiger partial charge >= 0.3 is 12.1 Å². The first-order valence-electron chi connectivity index (χ1n) is 20.7. The summed E-state index contributed by atoms with van der Waals surface area (Å²) in [5.41, 5.74) is 5.58. The highest BCUT2D eigenvalue weighted by atomic mass is 32.3. The molecule has 13 nitrogen and oxygen atoms in total. The van der Waals surface area contributed by atoms with E-state index in [1.165, 1.54) is 6.92 Å². The molecule has 2 rings (SSSR count). The summed E-state index contributed by atoms with van der Waals surface area (Å²) >= 11 is 0. The van der Waals surface area contributed by atoms with Gasteiger partial charge in [0, 0.05) is 11.2 Å². The van der Waals surface area contributed by atoms with Gasteiger partial charge < -0.3 is 35.2 Å². The van der Waals surface area contributed by atoms with Gasteiger partial charge in [-0.2, -0.15) is 0 Å². The van der Waals surface area contributed by atoms with Crippen LogP contribution in [0.15, 0.2) is 30.3 Å². The molecule has 0 aliphatic carbocycles. The van der Waals surface area contributed by atoms with Crippen LogP contribution in [0.4, 0.5) is 4.79 Å². The Balaban J connectivity index is 0. The monoisotopic (exact) mass is 841 g/mol. The van der Waals surface area contributed by atoms with E-state index in [9.17, 15) is 33.3 Å². The summed E-state index contributed by atoms with van der Waals surface area (Å²) in [6.07, 6.45) is 9.56. The van der Waals surface area contributed by atoms with E-state index in [2.05, 4.69) is 60.6 Å². The second-order valence-corrected chi connectivity index (χ2v) is 20.8. The number of Topliss-reactive ketones (excluding diaryl/α,β-unsaturated/α-hetero) is 1. The summed E-state index contributed by atoms with van der Waals surface area (Å²) in [5, 5.41) is 5.44. The van der Waals surface area contributed by atoms with Gasteiger partial charge in [-0.3, -0.25) is 24.1 Å². The molecule has 0 radical (unpaired) electrons. The van der Waals surface area contributed by atoms with Crippen LogP contribution in [-0.4, -0.2) is 101 Å². The van der Waals surface area contributed by atoms with Crippen molar-refractivity contribution in [3.05, 3.63) is 35.9 Å². The third-order valence-electron chi connectivity index (χ3n) is 9.93. The van der Waals surface area contributed by atoms with Crippen molar-refractivity contribution >= 4 is 46.3 Å². The average Bonchev–Trinajstić information content (AvgIpc) is 3.57. The maximum absolute atomic E-state index is 12.8. The van der Waals surface area contributed by atoms with Crippen molar-refractivity contribution in [2.75, 3.05) is 32.7 Å². The van der Waals surface area contributed by atoms with Crippen LogP contribution in [-0.2, 0) is 40.1 Å². The first-order valence-corrected chi connectivity index (χ1v) is 23.1. The number of rotatable bonds is 18. The smallest absolute Gasteiger partial charge is 0.404 e. The minimum atomic E-state index is -1.34. The lowest BCUT2D eigenvalue weighted by atomic mass is 9.90. The number of likely N-dealkylation sites (N-methyl/N-ethyl adjacent to an activating group) is 1. The molecular formula is C44H80N4O9S. The van der Waals surface area contributed by atoms with Crippen LogP contribution >= 0.6 is 10.3 Å². The number of hydrogen-bond acceptors (Lipinski definition) is 10. The predicted molar refractivity (Wildman–Crippen MR) is 237 cm³/mol. The van der Waals surface area contributed by atoms with Gasteiger partial charge in [0.25, 0.3) is 0 Å². The maximum atomic E-state index is 12.8. The van der Waals surface area contributed by atoms with E-state index >= 15 is 0 Å². The number of nitrogens with zero attached hydrogens (tertiary/aromatic N) is 1. The Morgan fingerprint density at radius 2 is 1.55 bits per heavy atom. The lowest BCUT2D eigenvalue weighted by Crippen LogP contribution is -2.50. The van der Waals surface area contributed by atoms with E-state index in [1.807, 2.05) is 77.6 Å². The van der Waals surface area contributed by atoms with Gasteiger partial charge in [-0.05, 0) is 89.0 Å². The molecular weight excluding hydrogens is 761 g/mol. The fourth-order valence-electron chi connectivity index (χ4n) is 5.16. The molecule has 5 unspecified atom stereocenters. The highest BCUT2D eigenvalue weighted by Crippen LogP contribution is 2.48. The van der Waals surface area contributed by atoms with Crippen molar-refractivity contribution in [3.63, 3.8) is 0 Å². The fraction of sp³-hybridized carbons (Fsp3) is 0.727. The second kappa shape index (κ2) is 29.7. The largest absolute Gasteiger partial charge is 0.460 e. The molecule has 0 saturated carbocycles. The lowest BCUT2D eigenvalue weighted by molar-refractivity contribution is -0.149. The standard InChI is InChI=1S/C22H40N2O4.C13H17NO2.C6H16OS.C3H7NO2/c1-8-16(6)10-9-11-19(26)24-20(15(4)5)21(27)17(7)22(28)23-18(13-25)12-14(2)3;1-14-9-5-8-12(14)13(15)16-10-11-6-3-2-4-7-11;1-6(2,3)8(4,5)7;1-2-6-3(4)5/h13-18,20H,8-12H2,1-7H3,(H,23,28)(H,24,26);2-4,6-7,12H,5,8-10H2,1H3;7H,1-5H3;2H2,1H3,(H2,4,5). The van der Waals surface area contributed by atoms with Gasteiger partial charge in [0.05, 0.1) is 24.6 Å². The molecule has 3 amide bonds. The van der Waals surface area contributed by atoms with E-state index < -0.39 is 40.3 Å². The Kier molecular flexibility index (Phi) is 29.0. The third kappa shape index (κ3) is 25.8. The summed E-state index contributed by atoms with van der Waals surface area (Å²) in [6, 6.07) is 8.43. The first kappa shape index (κ1) is 56.6. The minimum Gasteiger partial charge on any atom is -0.460 e. The van der Waals surface area contributed by atoms with Crippen LogP contribution in [0, 0.1) is 23.7 Å². The quantitative estimate of drug-likeness (QED) is 0.0652. The number of nitrogens with two attached hydrogens (primary N) is 1. The zero-order chi connectivity index (χ0) is 45.2. The lowest BCUT2D eigenvalue weighted by Gasteiger charge is -2.38. The van der Waals surface area contributed by atoms with E-state index in [4.69, 9.17) is 4.74 Å². The van der Waals surface area contributed by atoms with Gasteiger partial charge in [0.15, 0.2) is 5.78 Å². The van der Waals surface area contributed by atoms with Crippen LogP contribution in [0.2, 0.25) is 0 Å². The molecule has 1 aliphatic rings. The maximum Gasteiger partial charge on any atom is 0.404 e. The minimum absolute atomic E-state index is 0.0382. The number of aldehydes is 1. The highest BCUT2D eigenvalue weighted by molar-refractivity contribution is 8.29. The van der Waals surface area contributed by atoms with Gasteiger partial charge in [0.2, 0.25) is 11.8 Å². The number of carbonyl (C=O) groups excluding carboxylic acids is 6. The van der Waals surface area contributed by atoms with Crippen molar-refractivity contribution in [3.8, 4) is 0 Å². The molecule has 0 spiro atoms. The number of benzene rings is 1. The summed E-state index contributed by atoms with van der Waals surface area (Å²) < 4.78 is 19.0. The fourth-order valence-corrected chi connectivity index (χ4v) is 5.16. The number of carbonyl (C=O) groups is 6. The molecule has 1 aliphatic heterocycles. The van der Waals surface area contributed by atoms with Crippen LogP contribution < -0.4 is 16.4 Å². The summed E-state index contributed by atoms with van der Waals surface area (Å²) in [6.45, 7) is 23.0. The summed E-state index contributed by atoms with van der Waals surface area (Å²) in [5.74, 6) is -1.27. The Bertz CT molecular complexity index is 1330. The normalized spacial score (nSPS) is 16.3. The number of ether oxygens (including phenoxy) is 2. The molecule has 5 N–H and O–H groups in total. The average molecular weight is 841 g/mol. The molecule has 1 saturated heterocycles. The van der Waals surface area contributed by atoms with Crippen molar-refractivity contribution in [1.82, 2.24) is 15.5 Å². The number of hydrogen-bond donors (Lipinski definition) is 4. The van der Waals surface area contributed by atoms with E-state index in [-0.39, 0.29) is 40.3 Å². The molecule has 1 fully saturated rings. The van der Waals surface area contributed by atoms with Gasteiger partial charge in [0.1, 0.15) is 18.9 Å². The van der Waals surface area contributed by atoms with Crippen molar-refractivity contribution < 1.29 is 42.8 Å². The SMILES string of the molecule is CC(C)(C)S(C)(C)O.CCC(C)CCCC(=O)NC(C(=O)C(C)C(=O)NC(C=O)CC(C)C)C(C)C.CCOC(N)=O.CN1CCCC1C(=O)OCc1ccccc1. The summed E-state index contributed by atoms with van der Waals surface area (Å²) in [7, 11) is 0.633. The molecule has 14 heteroatoms. The van der Waals surface area contributed by atoms with Gasteiger partial charge in [-0.15, -0.1) is 10.3 Å².